The third kappa shape index (κ3) is 6.31. The van der Waals surface area contributed by atoms with E-state index in [-0.39, 0.29) is 24.0 Å². The third-order valence-electron chi connectivity index (χ3n) is 4.11. The van der Waals surface area contributed by atoms with E-state index in [1.54, 1.807) is 11.3 Å². The molecule has 0 aliphatic carbocycles. The second-order valence-electron chi connectivity index (χ2n) is 6.16. The average molecular weight is 496 g/mol. The smallest absolute Gasteiger partial charge is 0.192 e. The lowest BCUT2D eigenvalue weighted by Crippen LogP contribution is -2.37. The summed E-state index contributed by atoms with van der Waals surface area (Å²) >= 11 is 1.73. The Morgan fingerprint density at radius 3 is 2.59 bits per heavy atom. The van der Waals surface area contributed by atoms with Gasteiger partial charge in [0.25, 0.3) is 0 Å². The minimum atomic E-state index is 0. The SMILES string of the molecule is Cc1cccc(CN=C(NCc2cccs2)NCc2nnc(C)n2C)c1.I. The highest BCUT2D eigenvalue weighted by Crippen LogP contribution is 2.08. The van der Waals surface area contributed by atoms with Crippen LogP contribution in [0.1, 0.15) is 27.7 Å². The number of guanidine groups is 1. The van der Waals surface area contributed by atoms with Crippen LogP contribution in [0.2, 0.25) is 0 Å². The lowest BCUT2D eigenvalue weighted by molar-refractivity contribution is 0.715. The fourth-order valence-electron chi connectivity index (χ4n) is 2.51. The normalized spacial score (nSPS) is 11.1. The number of hydrogen-bond acceptors (Lipinski definition) is 4. The van der Waals surface area contributed by atoms with Crippen molar-refractivity contribution in [1.82, 2.24) is 25.4 Å². The fraction of sp³-hybridized carbons (Fsp3) is 0.316. The van der Waals surface area contributed by atoms with Crippen molar-refractivity contribution in [3.63, 3.8) is 0 Å². The largest absolute Gasteiger partial charge is 0.351 e. The number of benzene rings is 1. The van der Waals surface area contributed by atoms with Gasteiger partial charge in [-0.2, -0.15) is 0 Å². The Balaban J connectivity index is 0.00000261. The van der Waals surface area contributed by atoms with Crippen LogP contribution in [0.25, 0.3) is 0 Å². The number of nitrogens with one attached hydrogen (secondary N) is 2. The minimum Gasteiger partial charge on any atom is -0.351 e. The summed E-state index contributed by atoms with van der Waals surface area (Å²) in [6.07, 6.45) is 0. The molecule has 0 aliphatic rings. The maximum atomic E-state index is 4.73. The molecule has 1 aromatic carbocycles. The molecule has 0 atom stereocenters. The Morgan fingerprint density at radius 1 is 1.11 bits per heavy atom. The summed E-state index contributed by atoms with van der Waals surface area (Å²) in [4.78, 5) is 6.00. The lowest BCUT2D eigenvalue weighted by atomic mass is 10.1. The highest BCUT2D eigenvalue weighted by Gasteiger charge is 2.06. The molecule has 0 fully saturated rings. The molecule has 2 N–H and O–H groups in total. The van der Waals surface area contributed by atoms with E-state index >= 15 is 0 Å². The van der Waals surface area contributed by atoms with E-state index in [1.807, 2.05) is 18.5 Å². The standard InChI is InChI=1S/C19H24N6S.HI/c1-14-6-4-7-16(10-14)11-20-19(21-12-17-8-5-9-26-17)22-13-18-24-23-15(2)25(18)3;/h4-10H,11-13H2,1-3H3,(H2,20,21,22);1H. The van der Waals surface area contributed by atoms with Gasteiger partial charge in [-0.15, -0.1) is 45.5 Å². The molecule has 0 radical (unpaired) electrons. The molecule has 0 saturated carbocycles. The van der Waals surface area contributed by atoms with E-state index in [9.17, 15) is 0 Å². The van der Waals surface area contributed by atoms with Crippen LogP contribution in [0, 0.1) is 13.8 Å². The maximum absolute atomic E-state index is 4.73. The average Bonchev–Trinajstić information content (AvgIpc) is 3.26. The number of nitrogens with zero attached hydrogens (tertiary/aromatic N) is 4. The lowest BCUT2D eigenvalue weighted by Gasteiger charge is -2.12. The molecule has 0 unspecified atom stereocenters. The van der Waals surface area contributed by atoms with E-state index in [0.717, 1.165) is 24.2 Å². The first-order chi connectivity index (χ1) is 12.6. The molecule has 144 valence electrons. The van der Waals surface area contributed by atoms with Crippen LogP contribution in [-0.2, 0) is 26.7 Å². The number of aliphatic imine (C=N–C) groups is 1. The molecule has 0 bridgehead atoms. The van der Waals surface area contributed by atoms with Crippen molar-refractivity contribution in [2.75, 3.05) is 0 Å². The number of aromatic nitrogens is 3. The van der Waals surface area contributed by atoms with Crippen molar-refractivity contribution in [3.8, 4) is 0 Å². The third-order valence-corrected chi connectivity index (χ3v) is 4.99. The quantitative estimate of drug-likeness (QED) is 0.311. The summed E-state index contributed by atoms with van der Waals surface area (Å²) < 4.78 is 1.98. The van der Waals surface area contributed by atoms with Gasteiger partial charge in [-0.1, -0.05) is 35.9 Å². The number of hydrogen-bond donors (Lipinski definition) is 2. The summed E-state index contributed by atoms with van der Waals surface area (Å²) in [5.74, 6) is 2.54. The van der Waals surface area contributed by atoms with E-state index < -0.39 is 0 Å². The first kappa shape index (κ1) is 21.4. The molecular formula is C19H25IN6S. The van der Waals surface area contributed by atoms with Gasteiger partial charge in [0.05, 0.1) is 19.6 Å². The maximum Gasteiger partial charge on any atom is 0.192 e. The van der Waals surface area contributed by atoms with Crippen LogP contribution in [0.3, 0.4) is 0 Å². The summed E-state index contributed by atoms with van der Waals surface area (Å²) in [6.45, 7) is 5.98. The highest BCUT2D eigenvalue weighted by molar-refractivity contribution is 14.0. The zero-order chi connectivity index (χ0) is 18.4. The Bertz CT molecular complexity index is 872. The van der Waals surface area contributed by atoms with Crippen molar-refractivity contribution in [3.05, 3.63) is 69.4 Å². The first-order valence-corrected chi connectivity index (χ1v) is 9.45. The zero-order valence-electron chi connectivity index (χ0n) is 15.8. The van der Waals surface area contributed by atoms with Crippen molar-refractivity contribution in [1.29, 1.82) is 0 Å². The second-order valence-corrected chi connectivity index (χ2v) is 7.20. The Morgan fingerprint density at radius 2 is 1.93 bits per heavy atom. The Labute approximate surface area is 181 Å². The molecule has 6 nitrogen and oxygen atoms in total. The zero-order valence-corrected chi connectivity index (χ0v) is 18.9. The first-order valence-electron chi connectivity index (χ1n) is 8.57. The van der Waals surface area contributed by atoms with E-state index in [0.29, 0.717) is 13.1 Å². The van der Waals surface area contributed by atoms with E-state index in [1.165, 1.54) is 16.0 Å². The molecule has 2 heterocycles. The fourth-order valence-corrected chi connectivity index (χ4v) is 3.15. The summed E-state index contributed by atoms with van der Waals surface area (Å²) in [5, 5.41) is 17.1. The molecule has 3 rings (SSSR count). The van der Waals surface area contributed by atoms with Crippen molar-refractivity contribution in [2.45, 2.75) is 33.5 Å². The van der Waals surface area contributed by atoms with Gasteiger partial charge in [0.2, 0.25) is 0 Å². The van der Waals surface area contributed by atoms with Gasteiger partial charge in [-0.3, -0.25) is 0 Å². The van der Waals surface area contributed by atoms with Gasteiger partial charge < -0.3 is 15.2 Å². The summed E-state index contributed by atoms with van der Waals surface area (Å²) in [7, 11) is 1.97. The molecule has 0 aliphatic heterocycles. The topological polar surface area (TPSA) is 67.1 Å². The monoisotopic (exact) mass is 496 g/mol. The molecule has 0 amide bonds. The predicted octanol–water partition coefficient (Wildman–Crippen LogP) is 3.55. The van der Waals surface area contributed by atoms with Crippen molar-refractivity contribution >= 4 is 41.3 Å². The second kappa shape index (κ2) is 10.4. The van der Waals surface area contributed by atoms with Crippen LogP contribution in [0.15, 0.2) is 46.8 Å². The van der Waals surface area contributed by atoms with Gasteiger partial charge in [0.15, 0.2) is 11.8 Å². The number of aryl methyl sites for hydroxylation is 2. The molecular weight excluding hydrogens is 471 g/mol. The number of halogens is 1. The van der Waals surface area contributed by atoms with Gasteiger partial charge in [0, 0.05) is 11.9 Å². The number of thiophene rings is 1. The summed E-state index contributed by atoms with van der Waals surface area (Å²) in [5.41, 5.74) is 2.44. The molecule has 0 saturated heterocycles. The predicted molar refractivity (Wildman–Crippen MR) is 121 cm³/mol. The van der Waals surface area contributed by atoms with Crippen LogP contribution in [0.4, 0.5) is 0 Å². The Hall–Kier alpha value is -1.94. The molecule has 3 aromatic rings. The number of rotatable bonds is 6. The van der Waals surface area contributed by atoms with Gasteiger partial charge in [0.1, 0.15) is 5.82 Å². The van der Waals surface area contributed by atoms with E-state index in [4.69, 9.17) is 4.99 Å². The van der Waals surface area contributed by atoms with Crippen LogP contribution in [-0.4, -0.2) is 20.7 Å². The highest BCUT2D eigenvalue weighted by atomic mass is 127. The molecule has 2 aromatic heterocycles. The molecule has 27 heavy (non-hydrogen) atoms. The van der Waals surface area contributed by atoms with Gasteiger partial charge in [-0.25, -0.2) is 4.99 Å². The van der Waals surface area contributed by atoms with Gasteiger partial charge >= 0.3 is 0 Å². The van der Waals surface area contributed by atoms with Crippen LogP contribution >= 0.6 is 35.3 Å². The van der Waals surface area contributed by atoms with Crippen molar-refractivity contribution < 1.29 is 0 Å². The Kier molecular flexibility index (Phi) is 8.23. The van der Waals surface area contributed by atoms with Crippen LogP contribution < -0.4 is 10.6 Å². The summed E-state index contributed by atoms with van der Waals surface area (Å²) in [6, 6.07) is 12.6. The van der Waals surface area contributed by atoms with E-state index in [2.05, 4.69) is 69.5 Å². The van der Waals surface area contributed by atoms with Crippen molar-refractivity contribution in [2.24, 2.45) is 12.0 Å². The molecule has 8 heteroatoms. The minimum absolute atomic E-state index is 0. The van der Waals surface area contributed by atoms with Gasteiger partial charge in [-0.05, 0) is 30.9 Å². The van der Waals surface area contributed by atoms with Crippen LogP contribution in [0.5, 0.6) is 0 Å². The molecule has 0 spiro atoms.